The molecule has 0 aromatic heterocycles. The second-order valence-corrected chi connectivity index (χ2v) is 5.67. The molecule has 1 saturated carbocycles. The first-order chi connectivity index (χ1) is 10.1. The maximum Gasteiger partial charge on any atom is 0.342 e. The number of carbonyl (C=O) groups is 1. The van der Waals surface area contributed by atoms with Crippen molar-refractivity contribution < 1.29 is 24.5 Å². The van der Waals surface area contributed by atoms with Crippen molar-refractivity contribution in [3.05, 3.63) is 22.8 Å². The van der Waals surface area contributed by atoms with Crippen LogP contribution in [0.1, 0.15) is 54.1 Å². The van der Waals surface area contributed by atoms with E-state index in [4.69, 9.17) is 9.47 Å². The Hall–Kier alpha value is -1.75. The van der Waals surface area contributed by atoms with Gasteiger partial charge in [0, 0.05) is 12.2 Å². The monoisotopic (exact) mass is 292 g/mol. The number of carbonyl (C=O) groups excluding carboxylic acids is 1. The van der Waals surface area contributed by atoms with Gasteiger partial charge in [-0.1, -0.05) is 0 Å². The van der Waals surface area contributed by atoms with E-state index in [0.717, 1.165) is 31.2 Å². The van der Waals surface area contributed by atoms with Gasteiger partial charge in [0.2, 0.25) is 0 Å². The summed E-state index contributed by atoms with van der Waals surface area (Å²) in [4.78, 5) is 12.0. The van der Waals surface area contributed by atoms with E-state index in [1.165, 1.54) is 0 Å². The second kappa shape index (κ2) is 5.22. The smallest absolute Gasteiger partial charge is 0.342 e. The average molecular weight is 292 g/mol. The van der Waals surface area contributed by atoms with Crippen molar-refractivity contribution in [2.45, 2.75) is 44.6 Å². The average Bonchev–Trinajstić information content (AvgIpc) is 2.62. The summed E-state index contributed by atoms with van der Waals surface area (Å²) in [6.07, 6.45) is 4.26. The molecule has 1 aromatic rings. The van der Waals surface area contributed by atoms with Crippen molar-refractivity contribution in [3.8, 4) is 11.5 Å². The molecule has 1 heterocycles. The van der Waals surface area contributed by atoms with Crippen LogP contribution < -0.4 is 0 Å². The van der Waals surface area contributed by atoms with Crippen LogP contribution in [-0.2, 0) is 21.5 Å². The number of phenols is 2. The van der Waals surface area contributed by atoms with E-state index in [9.17, 15) is 15.0 Å². The third-order valence-corrected chi connectivity index (χ3v) is 4.48. The van der Waals surface area contributed by atoms with Gasteiger partial charge in [0.1, 0.15) is 5.56 Å². The van der Waals surface area contributed by atoms with Crippen LogP contribution in [-0.4, -0.2) is 29.4 Å². The Kier molecular flexibility index (Phi) is 3.53. The summed E-state index contributed by atoms with van der Waals surface area (Å²) >= 11 is 0. The zero-order valence-corrected chi connectivity index (χ0v) is 12.1. The summed E-state index contributed by atoms with van der Waals surface area (Å²) in [6.45, 7) is 2.55. The lowest BCUT2D eigenvalue weighted by Gasteiger charge is -2.42. The highest BCUT2D eigenvalue weighted by molar-refractivity contribution is 5.94. The van der Waals surface area contributed by atoms with Gasteiger partial charge in [-0.05, 0) is 50.7 Å². The first-order valence-electron chi connectivity index (χ1n) is 7.48. The Bertz CT molecular complexity index is 575. The van der Waals surface area contributed by atoms with Gasteiger partial charge in [0.05, 0.1) is 12.2 Å². The van der Waals surface area contributed by atoms with Crippen molar-refractivity contribution in [3.63, 3.8) is 0 Å². The van der Waals surface area contributed by atoms with Crippen LogP contribution in [0.25, 0.3) is 0 Å². The number of aromatic hydroxyl groups is 2. The molecule has 2 N–H and O–H groups in total. The standard InChI is InChI=1S/C16H20O5/c1-2-20-15(19)11-9-12-10(13(17)14(11)18)5-3-8-21-16(12)6-4-7-16/h9,17-18H,2-8H2,1H3. The number of rotatable bonds is 2. The van der Waals surface area contributed by atoms with Crippen molar-refractivity contribution in [2.24, 2.45) is 0 Å². The Morgan fingerprint density at radius 2 is 2.10 bits per heavy atom. The summed E-state index contributed by atoms with van der Waals surface area (Å²) < 4.78 is 11.0. The molecule has 3 rings (SSSR count). The van der Waals surface area contributed by atoms with E-state index in [0.29, 0.717) is 18.6 Å². The molecule has 0 radical (unpaired) electrons. The van der Waals surface area contributed by atoms with Gasteiger partial charge in [-0.3, -0.25) is 0 Å². The largest absolute Gasteiger partial charge is 0.504 e. The van der Waals surface area contributed by atoms with Gasteiger partial charge in [-0.2, -0.15) is 0 Å². The van der Waals surface area contributed by atoms with Crippen molar-refractivity contribution in [2.75, 3.05) is 13.2 Å². The molecule has 21 heavy (non-hydrogen) atoms. The molecule has 0 saturated heterocycles. The van der Waals surface area contributed by atoms with E-state index in [1.807, 2.05) is 0 Å². The van der Waals surface area contributed by atoms with Crippen LogP contribution in [0.5, 0.6) is 11.5 Å². The zero-order valence-electron chi connectivity index (χ0n) is 12.1. The van der Waals surface area contributed by atoms with E-state index in [-0.39, 0.29) is 23.7 Å². The molecule has 114 valence electrons. The molecule has 0 unspecified atom stereocenters. The molecule has 1 aliphatic carbocycles. The van der Waals surface area contributed by atoms with E-state index in [1.54, 1.807) is 13.0 Å². The highest BCUT2D eigenvalue weighted by atomic mass is 16.5. The van der Waals surface area contributed by atoms with Crippen LogP contribution in [0.15, 0.2) is 6.07 Å². The number of hydrogen-bond acceptors (Lipinski definition) is 5. The number of benzene rings is 1. The van der Waals surface area contributed by atoms with Crippen LogP contribution >= 0.6 is 0 Å². The predicted molar refractivity (Wildman–Crippen MR) is 75.5 cm³/mol. The molecule has 0 amide bonds. The zero-order chi connectivity index (χ0) is 15.0. The molecule has 1 fully saturated rings. The van der Waals surface area contributed by atoms with Crippen LogP contribution in [0.3, 0.4) is 0 Å². The lowest BCUT2D eigenvalue weighted by atomic mass is 9.72. The molecule has 5 heteroatoms. The summed E-state index contributed by atoms with van der Waals surface area (Å²) in [5.74, 6) is -1.21. The maximum absolute atomic E-state index is 12.0. The van der Waals surface area contributed by atoms with Gasteiger partial charge >= 0.3 is 5.97 Å². The minimum atomic E-state index is -0.619. The summed E-state index contributed by atoms with van der Waals surface area (Å²) in [5.41, 5.74) is 1.16. The fourth-order valence-corrected chi connectivity index (χ4v) is 3.23. The lowest BCUT2D eigenvalue weighted by Crippen LogP contribution is -2.37. The molecular formula is C16H20O5. The Morgan fingerprint density at radius 3 is 2.71 bits per heavy atom. The van der Waals surface area contributed by atoms with Gasteiger partial charge in [-0.15, -0.1) is 0 Å². The first kappa shape index (κ1) is 14.2. The number of hydrogen-bond donors (Lipinski definition) is 2. The normalized spacial score (nSPS) is 19.5. The molecule has 0 bridgehead atoms. The third-order valence-electron chi connectivity index (χ3n) is 4.48. The summed E-state index contributed by atoms with van der Waals surface area (Å²) in [5, 5.41) is 20.4. The molecule has 5 nitrogen and oxygen atoms in total. The number of esters is 1. The van der Waals surface area contributed by atoms with Gasteiger partial charge in [0.25, 0.3) is 0 Å². The van der Waals surface area contributed by atoms with Gasteiger partial charge in [-0.25, -0.2) is 4.79 Å². The molecule has 1 aliphatic heterocycles. The SMILES string of the molecule is CCOC(=O)c1cc2c(c(O)c1O)CCCOC21CCC1. The lowest BCUT2D eigenvalue weighted by molar-refractivity contribution is -0.103. The number of ether oxygens (including phenoxy) is 2. The Balaban J connectivity index is 2.14. The fraction of sp³-hybridized carbons (Fsp3) is 0.562. The van der Waals surface area contributed by atoms with Crippen molar-refractivity contribution in [1.82, 2.24) is 0 Å². The van der Waals surface area contributed by atoms with Crippen LogP contribution in [0.2, 0.25) is 0 Å². The quantitative estimate of drug-likeness (QED) is 0.647. The second-order valence-electron chi connectivity index (χ2n) is 5.67. The predicted octanol–water partition coefficient (Wildman–Crippen LogP) is 2.62. The molecule has 1 spiro atoms. The first-order valence-corrected chi connectivity index (χ1v) is 7.48. The fourth-order valence-electron chi connectivity index (χ4n) is 3.23. The topological polar surface area (TPSA) is 76.0 Å². The molecular weight excluding hydrogens is 272 g/mol. The molecule has 2 aliphatic rings. The highest BCUT2D eigenvalue weighted by Crippen LogP contribution is 2.51. The Labute approximate surface area is 123 Å². The minimum Gasteiger partial charge on any atom is -0.504 e. The third kappa shape index (κ3) is 2.16. The number of fused-ring (bicyclic) bond motifs is 2. The maximum atomic E-state index is 12.0. The summed E-state index contributed by atoms with van der Waals surface area (Å²) in [6, 6.07) is 1.65. The van der Waals surface area contributed by atoms with Crippen LogP contribution in [0.4, 0.5) is 0 Å². The van der Waals surface area contributed by atoms with E-state index < -0.39 is 11.6 Å². The Morgan fingerprint density at radius 1 is 1.33 bits per heavy atom. The van der Waals surface area contributed by atoms with Crippen molar-refractivity contribution in [1.29, 1.82) is 0 Å². The van der Waals surface area contributed by atoms with Crippen LogP contribution in [0, 0.1) is 0 Å². The van der Waals surface area contributed by atoms with E-state index >= 15 is 0 Å². The molecule has 0 atom stereocenters. The summed E-state index contributed by atoms with van der Waals surface area (Å²) in [7, 11) is 0. The minimum absolute atomic E-state index is 0.0184. The number of phenolic OH excluding ortho intramolecular Hbond substituents is 2. The van der Waals surface area contributed by atoms with Crippen molar-refractivity contribution >= 4 is 5.97 Å². The van der Waals surface area contributed by atoms with Gasteiger partial charge in [0.15, 0.2) is 11.5 Å². The van der Waals surface area contributed by atoms with Gasteiger partial charge < -0.3 is 19.7 Å². The molecule has 1 aromatic carbocycles. The van der Waals surface area contributed by atoms with E-state index in [2.05, 4.69) is 0 Å². The highest BCUT2D eigenvalue weighted by Gasteiger charge is 2.44.